The van der Waals surface area contributed by atoms with Crippen LogP contribution in [0.3, 0.4) is 0 Å². The molecule has 0 aliphatic carbocycles. The van der Waals surface area contributed by atoms with Crippen LogP contribution in [0.15, 0.2) is 9.98 Å². The molecule has 0 fully saturated rings. The Kier molecular flexibility index (Phi) is 26.6. The van der Waals surface area contributed by atoms with Crippen LogP contribution in [-0.2, 0) is 19.2 Å². The molecule has 0 aromatic heterocycles. The molecule has 0 spiro atoms. The van der Waals surface area contributed by atoms with Crippen molar-refractivity contribution in [3.05, 3.63) is 0 Å². The number of nitrogens with one attached hydrogen (secondary N) is 2. The smallest absolute Gasteiger partial charge is 0.234 e. The minimum Gasteiger partial charge on any atom is -0.356 e. The van der Waals surface area contributed by atoms with Crippen molar-refractivity contribution in [3.63, 3.8) is 0 Å². The van der Waals surface area contributed by atoms with Crippen molar-refractivity contribution in [3.8, 4) is 0 Å². The van der Waals surface area contributed by atoms with E-state index in [4.69, 9.17) is 0 Å². The van der Waals surface area contributed by atoms with E-state index >= 15 is 0 Å². The summed E-state index contributed by atoms with van der Waals surface area (Å²) >= 11 is 0. The number of hydrogen-bond donors (Lipinski definition) is 2. The number of isocyanates is 2. The number of unbranched alkanes of at least 4 members (excludes halogenated alkanes) is 10. The molecule has 0 radical (unpaired) electrons. The lowest BCUT2D eigenvalue weighted by Gasteiger charge is -2.02. The van der Waals surface area contributed by atoms with E-state index in [1.165, 1.54) is 45.1 Å². The highest BCUT2D eigenvalue weighted by Gasteiger charge is 1.94. The fourth-order valence-corrected chi connectivity index (χ4v) is 2.67. The number of carbonyl (C=O) groups excluding carboxylic acids is 4. The van der Waals surface area contributed by atoms with Gasteiger partial charge in [0.25, 0.3) is 0 Å². The molecule has 0 aromatic carbocycles. The quantitative estimate of drug-likeness (QED) is 0.199. The van der Waals surface area contributed by atoms with Gasteiger partial charge in [-0.3, -0.25) is 9.59 Å². The van der Waals surface area contributed by atoms with E-state index in [9.17, 15) is 19.2 Å². The molecular formula is C22H40N4O4. The largest absolute Gasteiger partial charge is 0.356 e. The standard InChI is InChI=1S/C13H24N2O2.C9H16N2O2/c1-13(17)15-11-9-7-5-3-2-4-6-8-10-14-12-16;1-9(13)11-7-5-3-2-4-6-10-8-12/h2-11H2,1H3,(H,15,17);2-7H2,1H3,(H,11,13). The third kappa shape index (κ3) is 33.3. The van der Waals surface area contributed by atoms with Gasteiger partial charge in [0.1, 0.15) is 0 Å². The molecule has 0 atom stereocenters. The monoisotopic (exact) mass is 424 g/mol. The highest BCUT2D eigenvalue weighted by atomic mass is 16.2. The van der Waals surface area contributed by atoms with Crippen LogP contribution in [0.25, 0.3) is 0 Å². The van der Waals surface area contributed by atoms with Crippen molar-refractivity contribution >= 4 is 24.0 Å². The average Bonchev–Trinajstić information content (AvgIpc) is 2.71. The summed E-state index contributed by atoms with van der Waals surface area (Å²) in [5.74, 6) is 0.0774. The van der Waals surface area contributed by atoms with Gasteiger partial charge in [-0.05, 0) is 25.7 Å². The van der Waals surface area contributed by atoms with Gasteiger partial charge >= 0.3 is 0 Å². The summed E-state index contributed by atoms with van der Waals surface area (Å²) in [4.78, 5) is 47.5. The lowest BCUT2D eigenvalue weighted by atomic mass is 10.1. The zero-order valence-corrected chi connectivity index (χ0v) is 18.8. The molecule has 8 nitrogen and oxygen atoms in total. The molecule has 0 aromatic rings. The number of aliphatic imine (C=N–C) groups is 2. The molecule has 0 saturated carbocycles. The van der Waals surface area contributed by atoms with E-state index in [2.05, 4.69) is 20.6 Å². The molecule has 172 valence electrons. The summed E-state index contributed by atoms with van der Waals surface area (Å²) in [6.45, 7) is 5.81. The molecule has 0 aliphatic rings. The highest BCUT2D eigenvalue weighted by molar-refractivity contribution is 5.72. The van der Waals surface area contributed by atoms with Crippen LogP contribution in [0, 0.1) is 0 Å². The molecule has 8 heteroatoms. The first-order valence-corrected chi connectivity index (χ1v) is 11.1. The van der Waals surface area contributed by atoms with Crippen molar-refractivity contribution < 1.29 is 19.2 Å². The lowest BCUT2D eigenvalue weighted by molar-refractivity contribution is -0.119. The minimum absolute atomic E-state index is 0.0190. The Morgan fingerprint density at radius 1 is 0.567 bits per heavy atom. The van der Waals surface area contributed by atoms with Gasteiger partial charge in [-0.1, -0.05) is 51.4 Å². The van der Waals surface area contributed by atoms with Crippen LogP contribution in [0.2, 0.25) is 0 Å². The van der Waals surface area contributed by atoms with Crippen LogP contribution >= 0.6 is 0 Å². The SMILES string of the molecule is CC(=O)NCCCCCCCCCCN=C=O.CC(=O)NCCCCCCN=C=O. The topological polar surface area (TPSA) is 117 Å². The first-order chi connectivity index (χ1) is 14.5. The van der Waals surface area contributed by atoms with Crippen molar-refractivity contribution in [2.75, 3.05) is 26.2 Å². The number of hydrogen-bond acceptors (Lipinski definition) is 6. The Bertz CT molecular complexity index is 497. The van der Waals surface area contributed by atoms with E-state index in [-0.39, 0.29) is 11.8 Å². The number of amides is 2. The third-order valence-electron chi connectivity index (χ3n) is 4.27. The zero-order chi connectivity index (χ0) is 22.7. The van der Waals surface area contributed by atoms with Crippen molar-refractivity contribution in [2.24, 2.45) is 9.98 Å². The molecule has 0 bridgehead atoms. The summed E-state index contributed by atoms with van der Waals surface area (Å²) in [6.07, 6.45) is 16.5. The minimum atomic E-state index is 0.0190. The second-order valence-electron chi connectivity index (χ2n) is 7.15. The Morgan fingerprint density at radius 2 is 0.867 bits per heavy atom. The predicted molar refractivity (Wildman–Crippen MR) is 119 cm³/mol. The van der Waals surface area contributed by atoms with Crippen LogP contribution in [-0.4, -0.2) is 50.2 Å². The fourth-order valence-electron chi connectivity index (χ4n) is 2.67. The van der Waals surface area contributed by atoms with Gasteiger partial charge in [0.2, 0.25) is 24.0 Å². The summed E-state index contributed by atoms with van der Waals surface area (Å²) in [5, 5.41) is 5.52. The normalized spacial score (nSPS) is 9.40. The molecule has 0 aliphatic heterocycles. The van der Waals surface area contributed by atoms with Crippen molar-refractivity contribution in [1.29, 1.82) is 0 Å². The maximum Gasteiger partial charge on any atom is 0.234 e. The molecule has 2 N–H and O–H groups in total. The van der Waals surface area contributed by atoms with E-state index in [1.807, 2.05) is 0 Å². The average molecular weight is 425 g/mol. The number of nitrogens with zero attached hydrogens (tertiary/aromatic N) is 2. The molecule has 0 rings (SSSR count). The Labute approximate surface area is 181 Å². The summed E-state index contributed by atoms with van der Waals surface area (Å²) in [5.41, 5.74) is 0. The number of rotatable bonds is 18. The van der Waals surface area contributed by atoms with E-state index in [0.29, 0.717) is 13.1 Å². The molecule has 0 unspecified atom stereocenters. The van der Waals surface area contributed by atoms with Gasteiger partial charge in [-0.15, -0.1) is 0 Å². The maximum absolute atomic E-state index is 10.6. The third-order valence-corrected chi connectivity index (χ3v) is 4.27. The summed E-state index contributed by atoms with van der Waals surface area (Å²) in [7, 11) is 0. The van der Waals surface area contributed by atoms with E-state index in [1.54, 1.807) is 13.0 Å². The van der Waals surface area contributed by atoms with E-state index < -0.39 is 0 Å². The molecular weight excluding hydrogens is 384 g/mol. The van der Waals surface area contributed by atoms with Crippen LogP contribution in [0.1, 0.15) is 90.9 Å². The van der Waals surface area contributed by atoms with Crippen molar-refractivity contribution in [2.45, 2.75) is 90.9 Å². The first-order valence-electron chi connectivity index (χ1n) is 11.1. The number of carbonyl (C=O) groups is 2. The molecule has 0 saturated heterocycles. The lowest BCUT2D eigenvalue weighted by Crippen LogP contribution is -2.20. The maximum atomic E-state index is 10.6. The van der Waals surface area contributed by atoms with Gasteiger partial charge in [0.05, 0.1) is 13.1 Å². The second-order valence-corrected chi connectivity index (χ2v) is 7.15. The van der Waals surface area contributed by atoms with Crippen LogP contribution in [0.4, 0.5) is 0 Å². The van der Waals surface area contributed by atoms with Gasteiger partial charge in [-0.25, -0.2) is 19.6 Å². The first kappa shape index (κ1) is 29.9. The predicted octanol–water partition coefficient (Wildman–Crippen LogP) is 3.60. The Morgan fingerprint density at radius 3 is 1.17 bits per heavy atom. The van der Waals surface area contributed by atoms with Crippen LogP contribution < -0.4 is 10.6 Å². The Hall–Kier alpha value is -2.30. The van der Waals surface area contributed by atoms with Gasteiger partial charge < -0.3 is 10.6 Å². The van der Waals surface area contributed by atoms with E-state index in [0.717, 1.165) is 58.0 Å². The second kappa shape index (κ2) is 26.7. The van der Waals surface area contributed by atoms with Gasteiger partial charge in [0, 0.05) is 26.9 Å². The zero-order valence-electron chi connectivity index (χ0n) is 18.8. The molecule has 30 heavy (non-hydrogen) atoms. The van der Waals surface area contributed by atoms with Gasteiger partial charge in [-0.2, -0.15) is 0 Å². The van der Waals surface area contributed by atoms with Gasteiger partial charge in [0.15, 0.2) is 0 Å². The molecule has 0 heterocycles. The fraction of sp³-hybridized carbons (Fsp3) is 0.818. The summed E-state index contributed by atoms with van der Waals surface area (Å²) in [6, 6.07) is 0. The highest BCUT2D eigenvalue weighted by Crippen LogP contribution is 2.08. The summed E-state index contributed by atoms with van der Waals surface area (Å²) < 4.78 is 0. The molecule has 2 amide bonds. The Balaban J connectivity index is 0. The van der Waals surface area contributed by atoms with Crippen LogP contribution in [0.5, 0.6) is 0 Å². The van der Waals surface area contributed by atoms with Crippen molar-refractivity contribution in [1.82, 2.24) is 10.6 Å².